The third-order valence-electron chi connectivity index (χ3n) is 2.64. The number of para-hydroxylation sites is 2. The summed E-state index contributed by atoms with van der Waals surface area (Å²) in [6, 6.07) is 8.22. The first kappa shape index (κ1) is 20.1. The molecule has 0 saturated heterocycles. The topological polar surface area (TPSA) is 26.7 Å². The van der Waals surface area contributed by atoms with Crippen molar-refractivity contribution < 1.29 is 5.21 Å². The molecule has 3 heteroatoms. The van der Waals surface area contributed by atoms with E-state index in [9.17, 15) is 5.21 Å². The number of fused-ring (bicyclic) bond motifs is 1. The van der Waals surface area contributed by atoms with E-state index < -0.39 is 0 Å². The second kappa shape index (κ2) is 11.8. The van der Waals surface area contributed by atoms with E-state index in [1.807, 2.05) is 65.8 Å². The van der Waals surface area contributed by atoms with E-state index in [2.05, 4.69) is 18.9 Å². The fourth-order valence-corrected chi connectivity index (χ4v) is 1.69. The van der Waals surface area contributed by atoms with E-state index in [1.54, 1.807) is 0 Å². The van der Waals surface area contributed by atoms with Crippen LogP contribution < -0.4 is 9.96 Å². The van der Waals surface area contributed by atoms with Crippen molar-refractivity contribution in [3.8, 4) is 0 Å². The minimum atomic E-state index is 0.347. The van der Waals surface area contributed by atoms with E-state index in [1.165, 1.54) is 5.06 Å². The van der Waals surface area contributed by atoms with E-state index in [-0.39, 0.29) is 0 Å². The van der Waals surface area contributed by atoms with Gasteiger partial charge in [-0.15, -0.1) is 0 Å². The molecule has 2 rings (SSSR count). The lowest BCUT2D eigenvalue weighted by molar-refractivity contribution is 0.242. The summed E-state index contributed by atoms with van der Waals surface area (Å²) in [4.78, 5) is 2.18. The number of nitrogens with zero attached hydrogens (tertiary/aromatic N) is 2. The van der Waals surface area contributed by atoms with E-state index in [0.29, 0.717) is 12.6 Å². The van der Waals surface area contributed by atoms with Crippen LogP contribution in [-0.2, 0) is 0 Å². The smallest absolute Gasteiger partial charge is 0.0868 e. The summed E-state index contributed by atoms with van der Waals surface area (Å²) in [6.45, 7) is 14.8. The van der Waals surface area contributed by atoms with Crippen LogP contribution in [0.1, 0.15) is 48.5 Å². The maximum absolute atomic E-state index is 9.66. The zero-order valence-electron chi connectivity index (χ0n) is 13.9. The molecule has 1 atom stereocenters. The molecule has 0 amide bonds. The highest BCUT2D eigenvalue weighted by molar-refractivity contribution is 5.72. The van der Waals surface area contributed by atoms with Crippen molar-refractivity contribution in [2.45, 2.75) is 54.5 Å². The average Bonchev–Trinajstić information content (AvgIpc) is 2.51. The molecule has 1 heterocycles. The summed E-state index contributed by atoms with van der Waals surface area (Å²) in [7, 11) is 2.05. The number of anilines is 2. The van der Waals surface area contributed by atoms with Gasteiger partial charge in [0.05, 0.1) is 17.9 Å². The molecule has 1 aliphatic heterocycles. The Balaban J connectivity index is 0. The summed E-state index contributed by atoms with van der Waals surface area (Å²) in [6.07, 6.45) is 0. The Morgan fingerprint density at radius 3 is 1.84 bits per heavy atom. The number of benzene rings is 1. The first-order chi connectivity index (χ1) is 9.20. The lowest BCUT2D eigenvalue weighted by Gasteiger charge is -2.38. The number of likely N-dealkylation sites (N-methyl/N-ethyl adjacent to an activating group) is 1. The molecule has 0 spiro atoms. The van der Waals surface area contributed by atoms with Crippen molar-refractivity contribution in [2.24, 2.45) is 0 Å². The van der Waals surface area contributed by atoms with E-state index in [4.69, 9.17) is 0 Å². The van der Waals surface area contributed by atoms with Crippen LogP contribution in [0.4, 0.5) is 11.4 Å². The molecule has 1 unspecified atom stereocenters. The van der Waals surface area contributed by atoms with Gasteiger partial charge >= 0.3 is 0 Å². The van der Waals surface area contributed by atoms with Gasteiger partial charge in [0.1, 0.15) is 0 Å². The Kier molecular flexibility index (Phi) is 12.5. The predicted molar refractivity (Wildman–Crippen MR) is 87.5 cm³/mol. The van der Waals surface area contributed by atoms with Gasteiger partial charge < -0.3 is 4.90 Å². The molecule has 0 radical (unpaired) electrons. The first-order valence-corrected chi connectivity index (χ1v) is 7.48. The summed E-state index contributed by atoms with van der Waals surface area (Å²) in [5, 5.41) is 11.0. The number of rotatable bonds is 0. The van der Waals surface area contributed by atoms with Crippen LogP contribution in [0.15, 0.2) is 24.3 Å². The lowest BCUT2D eigenvalue weighted by Crippen LogP contribution is -2.44. The molecule has 0 aromatic heterocycles. The van der Waals surface area contributed by atoms with Crippen LogP contribution in [0.2, 0.25) is 0 Å². The van der Waals surface area contributed by atoms with Gasteiger partial charge in [-0.3, -0.25) is 10.3 Å². The van der Waals surface area contributed by atoms with Crippen LogP contribution in [0, 0.1) is 0 Å². The van der Waals surface area contributed by atoms with E-state index >= 15 is 0 Å². The van der Waals surface area contributed by atoms with Crippen LogP contribution in [0.25, 0.3) is 0 Å². The fourth-order valence-electron chi connectivity index (χ4n) is 1.69. The molecule has 0 fully saturated rings. The maximum atomic E-state index is 9.66. The summed E-state index contributed by atoms with van der Waals surface area (Å²) >= 11 is 0. The van der Waals surface area contributed by atoms with Crippen molar-refractivity contribution in [2.75, 3.05) is 23.6 Å². The summed E-state index contributed by atoms with van der Waals surface area (Å²) in [5.74, 6) is 0. The molecule has 1 aromatic rings. The first-order valence-electron chi connectivity index (χ1n) is 7.48. The van der Waals surface area contributed by atoms with Gasteiger partial charge in [-0.2, -0.15) is 0 Å². The minimum Gasteiger partial charge on any atom is -0.368 e. The number of hydroxylamine groups is 1. The molecule has 1 aliphatic rings. The van der Waals surface area contributed by atoms with Crippen LogP contribution in [-0.4, -0.2) is 24.8 Å². The van der Waals surface area contributed by atoms with Crippen molar-refractivity contribution in [1.29, 1.82) is 0 Å². The third kappa shape index (κ3) is 5.52. The van der Waals surface area contributed by atoms with Crippen molar-refractivity contribution in [1.82, 2.24) is 0 Å². The van der Waals surface area contributed by atoms with Crippen molar-refractivity contribution in [3.05, 3.63) is 24.3 Å². The number of hydrogen-bond acceptors (Lipinski definition) is 3. The van der Waals surface area contributed by atoms with Gasteiger partial charge in [0.15, 0.2) is 0 Å². The molecule has 112 valence electrons. The van der Waals surface area contributed by atoms with Gasteiger partial charge in [0.2, 0.25) is 0 Å². The highest BCUT2D eigenvalue weighted by atomic mass is 16.5. The van der Waals surface area contributed by atoms with Gasteiger partial charge in [0.25, 0.3) is 0 Å². The third-order valence-corrected chi connectivity index (χ3v) is 2.64. The highest BCUT2D eigenvalue weighted by Crippen LogP contribution is 2.32. The minimum absolute atomic E-state index is 0.347. The van der Waals surface area contributed by atoms with E-state index in [0.717, 1.165) is 11.4 Å². The summed E-state index contributed by atoms with van der Waals surface area (Å²) < 4.78 is 0. The molecule has 1 N–H and O–H groups in total. The van der Waals surface area contributed by atoms with Crippen molar-refractivity contribution >= 4 is 11.4 Å². The largest absolute Gasteiger partial charge is 0.368 e. The molecular formula is C16H32N2O. The summed E-state index contributed by atoms with van der Waals surface area (Å²) in [5.41, 5.74) is 1.98. The Labute approximate surface area is 119 Å². The lowest BCUT2D eigenvalue weighted by atomic mass is 10.1. The Morgan fingerprint density at radius 1 is 0.947 bits per heavy atom. The standard InChI is InChI=1S/C10H14N2O.3C2H6/c1-8-7-12(13)10-6-4-3-5-9(10)11(8)2;3*1-2/h3-6,8,13H,7H2,1-2H3;3*1-2H3. The predicted octanol–water partition coefficient (Wildman–Crippen LogP) is 4.80. The highest BCUT2D eigenvalue weighted by Gasteiger charge is 2.23. The molecule has 19 heavy (non-hydrogen) atoms. The van der Waals surface area contributed by atoms with Crippen LogP contribution >= 0.6 is 0 Å². The zero-order valence-corrected chi connectivity index (χ0v) is 13.9. The Morgan fingerprint density at radius 2 is 1.37 bits per heavy atom. The Bertz CT molecular complexity index is 315. The molecular weight excluding hydrogens is 236 g/mol. The second-order valence-corrected chi connectivity index (χ2v) is 3.53. The van der Waals surface area contributed by atoms with Crippen LogP contribution in [0.5, 0.6) is 0 Å². The molecule has 0 saturated carbocycles. The fraction of sp³-hybridized carbons (Fsp3) is 0.625. The normalized spacial score (nSPS) is 15.7. The zero-order chi connectivity index (χ0) is 15.4. The van der Waals surface area contributed by atoms with Gasteiger partial charge in [-0.05, 0) is 19.1 Å². The molecule has 0 aliphatic carbocycles. The maximum Gasteiger partial charge on any atom is 0.0868 e. The molecule has 1 aromatic carbocycles. The molecule has 0 bridgehead atoms. The monoisotopic (exact) mass is 268 g/mol. The second-order valence-electron chi connectivity index (χ2n) is 3.53. The Hall–Kier alpha value is -1.22. The van der Waals surface area contributed by atoms with Crippen LogP contribution in [0.3, 0.4) is 0 Å². The number of hydrogen-bond donors (Lipinski definition) is 1. The molecule has 3 nitrogen and oxygen atoms in total. The van der Waals surface area contributed by atoms with Gasteiger partial charge in [-0.1, -0.05) is 53.7 Å². The average molecular weight is 268 g/mol. The quantitative estimate of drug-likeness (QED) is 0.732. The van der Waals surface area contributed by atoms with Gasteiger partial charge in [-0.25, -0.2) is 0 Å². The SMILES string of the molecule is CC.CC.CC.CC1CN(O)c2ccccc2N1C. The van der Waals surface area contributed by atoms with Gasteiger partial charge in [0, 0.05) is 13.1 Å². The van der Waals surface area contributed by atoms with Crippen molar-refractivity contribution in [3.63, 3.8) is 0 Å².